The van der Waals surface area contributed by atoms with Gasteiger partial charge in [0.1, 0.15) is 0 Å². The van der Waals surface area contributed by atoms with E-state index >= 15 is 0 Å². The third kappa shape index (κ3) is 5.45. The van der Waals surface area contributed by atoms with Gasteiger partial charge in [0.25, 0.3) is 0 Å². The highest BCUT2D eigenvalue weighted by Gasteiger charge is 2.19. The second kappa shape index (κ2) is 8.11. The molecule has 0 aliphatic carbocycles. The fraction of sp³-hybridized carbons (Fsp3) is 0.500. The predicted molar refractivity (Wildman–Crippen MR) is 80.8 cm³/mol. The van der Waals surface area contributed by atoms with E-state index in [1.165, 1.54) is 16.4 Å². The normalized spacial score (nSPS) is 11.8. The summed E-state index contributed by atoms with van der Waals surface area (Å²) in [4.78, 5) is 10.7. The molecule has 1 aromatic rings. The Hall–Kier alpha value is -1.44. The molecule has 2 N–H and O–H groups in total. The number of nitrogens with zero attached hydrogens (tertiary/aromatic N) is 1. The van der Waals surface area contributed by atoms with Gasteiger partial charge in [-0.2, -0.15) is 0 Å². The molecular formula is C14H22N2O4S. The topological polar surface area (TPSA) is 86.7 Å². The average molecular weight is 314 g/mol. The minimum absolute atomic E-state index is 0.0377. The summed E-state index contributed by atoms with van der Waals surface area (Å²) in [7, 11) is -0.0956. The Morgan fingerprint density at radius 1 is 1.29 bits per heavy atom. The van der Waals surface area contributed by atoms with E-state index in [0.717, 1.165) is 18.5 Å². The molecule has 118 valence electrons. The zero-order chi connectivity index (χ0) is 15.9. The standard InChI is InChI=1S/C14H22N2O4S/c1-15-10-3-11-16(2)21(19,20)13-7-4-12(5-8-13)6-9-14(17)18/h4-5,7-8,15H,3,6,9-11H2,1-2H3,(H,17,18). The number of sulfonamides is 1. The number of nitrogens with one attached hydrogen (secondary N) is 1. The van der Waals surface area contributed by atoms with Gasteiger partial charge in [-0.1, -0.05) is 12.1 Å². The lowest BCUT2D eigenvalue weighted by Gasteiger charge is -2.17. The molecule has 0 bridgehead atoms. The Balaban J connectivity index is 2.72. The molecule has 21 heavy (non-hydrogen) atoms. The Labute approximate surface area is 125 Å². The molecule has 0 aromatic heterocycles. The number of carboxylic acids is 1. The van der Waals surface area contributed by atoms with Crippen molar-refractivity contribution in [1.82, 2.24) is 9.62 Å². The number of hydrogen-bond donors (Lipinski definition) is 2. The predicted octanol–water partition coefficient (Wildman–Crippen LogP) is 0.934. The minimum Gasteiger partial charge on any atom is -0.481 e. The van der Waals surface area contributed by atoms with E-state index < -0.39 is 16.0 Å². The highest BCUT2D eigenvalue weighted by molar-refractivity contribution is 7.89. The Kier molecular flexibility index (Phi) is 6.80. The highest BCUT2D eigenvalue weighted by atomic mass is 32.2. The first kappa shape index (κ1) is 17.6. The Bertz CT molecular complexity index is 555. The summed E-state index contributed by atoms with van der Waals surface area (Å²) in [6.45, 7) is 1.21. The van der Waals surface area contributed by atoms with E-state index in [0.29, 0.717) is 13.0 Å². The van der Waals surface area contributed by atoms with Gasteiger partial charge in [-0.25, -0.2) is 12.7 Å². The number of carbonyl (C=O) groups is 1. The maximum Gasteiger partial charge on any atom is 0.303 e. The first-order chi connectivity index (χ1) is 9.87. The van der Waals surface area contributed by atoms with Gasteiger partial charge in [0.2, 0.25) is 10.0 Å². The maximum atomic E-state index is 12.3. The number of rotatable bonds is 9. The fourth-order valence-corrected chi connectivity index (χ4v) is 3.07. The van der Waals surface area contributed by atoms with Gasteiger partial charge in [0, 0.05) is 20.0 Å². The molecule has 0 radical (unpaired) electrons. The SMILES string of the molecule is CNCCCN(C)S(=O)(=O)c1ccc(CCC(=O)O)cc1. The van der Waals surface area contributed by atoms with Crippen LogP contribution < -0.4 is 5.32 Å². The molecular weight excluding hydrogens is 292 g/mol. The lowest BCUT2D eigenvalue weighted by Crippen LogP contribution is -2.29. The summed E-state index contributed by atoms with van der Waals surface area (Å²) in [6, 6.07) is 6.39. The van der Waals surface area contributed by atoms with E-state index in [9.17, 15) is 13.2 Å². The van der Waals surface area contributed by atoms with Gasteiger partial charge >= 0.3 is 5.97 Å². The van der Waals surface area contributed by atoms with Crippen LogP contribution in [0.1, 0.15) is 18.4 Å². The van der Waals surface area contributed by atoms with Crippen molar-refractivity contribution >= 4 is 16.0 Å². The van der Waals surface area contributed by atoms with Crippen molar-refractivity contribution in [3.05, 3.63) is 29.8 Å². The van der Waals surface area contributed by atoms with E-state index in [-0.39, 0.29) is 11.3 Å². The third-order valence-corrected chi connectivity index (χ3v) is 5.03. The van der Waals surface area contributed by atoms with E-state index in [1.54, 1.807) is 19.2 Å². The number of aryl methyl sites for hydroxylation is 1. The highest BCUT2D eigenvalue weighted by Crippen LogP contribution is 2.16. The summed E-state index contributed by atoms with van der Waals surface area (Å²) < 4.78 is 26.0. The molecule has 6 nitrogen and oxygen atoms in total. The minimum atomic E-state index is -3.48. The van der Waals surface area contributed by atoms with E-state index in [4.69, 9.17) is 5.11 Å². The molecule has 0 aliphatic rings. The van der Waals surface area contributed by atoms with Crippen molar-refractivity contribution in [2.24, 2.45) is 0 Å². The van der Waals surface area contributed by atoms with Crippen LogP contribution in [0.4, 0.5) is 0 Å². The zero-order valence-electron chi connectivity index (χ0n) is 12.4. The molecule has 0 saturated heterocycles. The van der Waals surface area contributed by atoms with Crippen molar-refractivity contribution in [2.45, 2.75) is 24.2 Å². The molecule has 0 aliphatic heterocycles. The monoisotopic (exact) mass is 314 g/mol. The fourth-order valence-electron chi connectivity index (χ4n) is 1.86. The number of benzene rings is 1. The van der Waals surface area contributed by atoms with E-state index in [1.807, 2.05) is 7.05 Å². The van der Waals surface area contributed by atoms with Gasteiger partial charge in [0.15, 0.2) is 0 Å². The zero-order valence-corrected chi connectivity index (χ0v) is 13.2. The third-order valence-electron chi connectivity index (χ3n) is 3.16. The van der Waals surface area contributed by atoms with Gasteiger partial charge in [-0.3, -0.25) is 4.79 Å². The summed E-state index contributed by atoms with van der Waals surface area (Å²) in [5.41, 5.74) is 0.814. The van der Waals surface area contributed by atoms with Crippen LogP contribution in [0.3, 0.4) is 0 Å². The smallest absolute Gasteiger partial charge is 0.303 e. The Morgan fingerprint density at radius 2 is 1.90 bits per heavy atom. The van der Waals surface area contributed by atoms with Gasteiger partial charge < -0.3 is 10.4 Å². The van der Waals surface area contributed by atoms with Crippen molar-refractivity contribution in [3.8, 4) is 0 Å². The molecule has 7 heteroatoms. The summed E-state index contributed by atoms with van der Waals surface area (Å²) in [5, 5.41) is 11.6. The Morgan fingerprint density at radius 3 is 2.43 bits per heavy atom. The van der Waals surface area contributed by atoms with Gasteiger partial charge in [-0.15, -0.1) is 0 Å². The second-order valence-electron chi connectivity index (χ2n) is 4.82. The maximum absolute atomic E-state index is 12.3. The molecule has 0 saturated carbocycles. The van der Waals surface area contributed by atoms with Crippen LogP contribution in [0.2, 0.25) is 0 Å². The molecule has 0 unspecified atom stereocenters. The first-order valence-corrected chi connectivity index (χ1v) is 8.23. The number of hydrogen-bond acceptors (Lipinski definition) is 4. The molecule has 1 rings (SSSR count). The van der Waals surface area contributed by atoms with Crippen molar-refractivity contribution in [1.29, 1.82) is 0 Å². The van der Waals surface area contributed by atoms with Crippen LogP contribution in [0.15, 0.2) is 29.2 Å². The summed E-state index contributed by atoms with van der Waals surface area (Å²) in [6.07, 6.45) is 1.17. The lowest BCUT2D eigenvalue weighted by atomic mass is 10.1. The quantitative estimate of drug-likeness (QED) is 0.662. The molecule has 0 spiro atoms. The first-order valence-electron chi connectivity index (χ1n) is 6.79. The van der Waals surface area contributed by atoms with Gasteiger partial charge in [0.05, 0.1) is 4.90 Å². The van der Waals surface area contributed by atoms with Gasteiger partial charge in [-0.05, 0) is 44.1 Å². The molecule has 0 amide bonds. The molecule has 1 aromatic carbocycles. The van der Waals surface area contributed by atoms with Crippen LogP contribution in [-0.4, -0.2) is 51.0 Å². The second-order valence-corrected chi connectivity index (χ2v) is 6.87. The van der Waals surface area contributed by atoms with Crippen molar-refractivity contribution in [3.63, 3.8) is 0 Å². The molecule has 0 heterocycles. The average Bonchev–Trinajstić information content (AvgIpc) is 2.45. The van der Waals surface area contributed by atoms with E-state index in [2.05, 4.69) is 5.32 Å². The molecule has 0 fully saturated rings. The lowest BCUT2D eigenvalue weighted by molar-refractivity contribution is -0.136. The van der Waals surface area contributed by atoms with Crippen LogP contribution in [0, 0.1) is 0 Å². The van der Waals surface area contributed by atoms with Crippen LogP contribution >= 0.6 is 0 Å². The number of aliphatic carboxylic acids is 1. The molecule has 0 atom stereocenters. The number of carboxylic acid groups (broad SMARTS) is 1. The van der Waals surface area contributed by atoms with Crippen LogP contribution in [-0.2, 0) is 21.2 Å². The van der Waals surface area contributed by atoms with Crippen molar-refractivity contribution in [2.75, 3.05) is 27.2 Å². The van der Waals surface area contributed by atoms with Crippen LogP contribution in [0.25, 0.3) is 0 Å². The summed E-state index contributed by atoms with van der Waals surface area (Å²) >= 11 is 0. The summed E-state index contributed by atoms with van der Waals surface area (Å²) in [5.74, 6) is -0.865. The van der Waals surface area contributed by atoms with Crippen LogP contribution in [0.5, 0.6) is 0 Å². The van der Waals surface area contributed by atoms with Crippen molar-refractivity contribution < 1.29 is 18.3 Å². The largest absolute Gasteiger partial charge is 0.481 e.